The zero-order valence-electron chi connectivity index (χ0n) is 11.1. The Kier molecular flexibility index (Phi) is 2.99. The average Bonchev–Trinajstić information content (AvgIpc) is 2.58. The molecule has 0 saturated heterocycles. The van der Waals surface area contributed by atoms with Crippen LogP contribution >= 0.6 is 0 Å². The lowest BCUT2D eigenvalue weighted by Gasteiger charge is -2.13. The number of nitrogens with zero attached hydrogens (tertiary/aromatic N) is 1. The van der Waals surface area contributed by atoms with Gasteiger partial charge >= 0.3 is 5.97 Å². The van der Waals surface area contributed by atoms with E-state index in [-0.39, 0.29) is 0 Å². The van der Waals surface area contributed by atoms with Crippen LogP contribution in [0.15, 0.2) is 24.3 Å². The number of aryl methyl sites for hydroxylation is 3. The van der Waals surface area contributed by atoms with Crippen molar-refractivity contribution in [3.63, 3.8) is 0 Å². The Morgan fingerprint density at radius 3 is 2.33 bits per heavy atom. The van der Waals surface area contributed by atoms with Gasteiger partial charge in [-0.3, -0.25) is 0 Å². The Hall–Kier alpha value is -2.03. The molecule has 1 heterocycles. The second kappa shape index (κ2) is 4.33. The lowest BCUT2D eigenvalue weighted by Crippen LogP contribution is -2.04. The molecule has 0 aliphatic heterocycles. The highest BCUT2D eigenvalue weighted by Gasteiger charge is 2.16. The summed E-state index contributed by atoms with van der Waals surface area (Å²) in [6.45, 7) is 7.85. The van der Waals surface area contributed by atoms with Crippen LogP contribution in [0.5, 0.6) is 0 Å². The number of hydrogen-bond donors (Lipinski definition) is 1. The summed E-state index contributed by atoms with van der Waals surface area (Å²) in [4.78, 5) is 11.2. The van der Waals surface area contributed by atoms with Gasteiger partial charge in [0.15, 0.2) is 0 Å². The Balaban J connectivity index is 2.71. The summed E-state index contributed by atoms with van der Waals surface area (Å²) >= 11 is 0. The number of aromatic nitrogens is 1. The molecule has 3 nitrogen and oxygen atoms in total. The topological polar surface area (TPSA) is 42.2 Å². The number of aromatic carboxylic acids is 1. The number of carbonyl (C=O) groups is 1. The van der Waals surface area contributed by atoms with E-state index >= 15 is 0 Å². The normalized spacial score (nSPS) is 10.7. The first kappa shape index (κ1) is 12.4. The first-order chi connectivity index (χ1) is 8.41. The Morgan fingerprint density at radius 1 is 1.11 bits per heavy atom. The van der Waals surface area contributed by atoms with E-state index in [4.69, 9.17) is 5.11 Å². The fourth-order valence-corrected chi connectivity index (χ4v) is 2.31. The van der Waals surface area contributed by atoms with Gasteiger partial charge in [-0.25, -0.2) is 4.79 Å². The Morgan fingerprint density at radius 2 is 1.78 bits per heavy atom. The minimum absolute atomic E-state index is 0.369. The van der Waals surface area contributed by atoms with Crippen LogP contribution in [-0.4, -0.2) is 15.6 Å². The van der Waals surface area contributed by atoms with Crippen LogP contribution in [0.25, 0.3) is 5.69 Å². The predicted octanol–water partition coefficient (Wildman–Crippen LogP) is 3.41. The first-order valence-electron chi connectivity index (χ1n) is 5.91. The van der Waals surface area contributed by atoms with Gasteiger partial charge in [0.1, 0.15) is 0 Å². The molecule has 0 aliphatic carbocycles. The molecule has 0 amide bonds. The summed E-state index contributed by atoms with van der Waals surface area (Å²) in [5.41, 5.74) is 5.44. The summed E-state index contributed by atoms with van der Waals surface area (Å²) in [6, 6.07) is 7.93. The predicted molar refractivity (Wildman–Crippen MR) is 71.7 cm³/mol. The van der Waals surface area contributed by atoms with Gasteiger partial charge in [0.2, 0.25) is 0 Å². The molecule has 0 spiro atoms. The molecule has 18 heavy (non-hydrogen) atoms. The summed E-state index contributed by atoms with van der Waals surface area (Å²) in [5, 5.41) is 9.16. The molecule has 0 aliphatic rings. The second-order valence-corrected chi connectivity index (χ2v) is 4.72. The minimum Gasteiger partial charge on any atom is -0.478 e. The van der Waals surface area contributed by atoms with Gasteiger partial charge < -0.3 is 9.67 Å². The average molecular weight is 243 g/mol. The van der Waals surface area contributed by atoms with Crippen LogP contribution in [0.2, 0.25) is 0 Å². The Labute approximate surface area is 107 Å². The van der Waals surface area contributed by atoms with Crippen LogP contribution in [0.3, 0.4) is 0 Å². The molecule has 0 saturated carbocycles. The van der Waals surface area contributed by atoms with Gasteiger partial charge in [-0.15, -0.1) is 0 Å². The van der Waals surface area contributed by atoms with Crippen molar-refractivity contribution < 1.29 is 9.90 Å². The van der Waals surface area contributed by atoms with E-state index in [9.17, 15) is 4.79 Å². The third-order valence-corrected chi connectivity index (χ3v) is 3.27. The fraction of sp³-hybridized carbons (Fsp3) is 0.267. The minimum atomic E-state index is -0.875. The maximum Gasteiger partial charge on any atom is 0.337 e. The van der Waals surface area contributed by atoms with E-state index < -0.39 is 5.97 Å². The number of benzene rings is 1. The maximum atomic E-state index is 11.2. The van der Waals surface area contributed by atoms with Crippen molar-refractivity contribution in [1.82, 2.24) is 4.57 Å². The lowest BCUT2D eigenvalue weighted by molar-refractivity contribution is 0.0696. The molecule has 2 aromatic rings. The molecule has 1 aromatic carbocycles. The van der Waals surface area contributed by atoms with E-state index in [1.807, 2.05) is 32.3 Å². The summed E-state index contributed by atoms with van der Waals surface area (Å²) < 4.78 is 2.01. The van der Waals surface area contributed by atoms with Crippen molar-refractivity contribution in [3.8, 4) is 5.69 Å². The van der Waals surface area contributed by atoms with Gasteiger partial charge in [0.05, 0.1) is 5.56 Å². The smallest absolute Gasteiger partial charge is 0.337 e. The van der Waals surface area contributed by atoms with E-state index in [2.05, 4.69) is 18.2 Å². The zero-order chi connectivity index (χ0) is 13.4. The highest BCUT2D eigenvalue weighted by molar-refractivity contribution is 5.89. The van der Waals surface area contributed by atoms with Crippen molar-refractivity contribution in [3.05, 3.63) is 52.3 Å². The molecule has 0 fully saturated rings. The standard InChI is InChI=1S/C15H17NO2/c1-9-5-6-10(2)14(7-9)16-11(3)8-13(12(16)4)15(17)18/h5-8H,1-4H3,(H,17,18). The van der Waals surface area contributed by atoms with E-state index in [0.29, 0.717) is 5.56 Å². The Bertz CT molecular complexity index is 624. The van der Waals surface area contributed by atoms with Crippen molar-refractivity contribution >= 4 is 5.97 Å². The highest BCUT2D eigenvalue weighted by atomic mass is 16.4. The number of carboxylic acids is 1. The quantitative estimate of drug-likeness (QED) is 0.878. The SMILES string of the molecule is Cc1ccc(C)c(-n2c(C)cc(C(=O)O)c2C)c1. The van der Waals surface area contributed by atoms with E-state index in [1.165, 1.54) is 5.56 Å². The molecular weight excluding hydrogens is 226 g/mol. The van der Waals surface area contributed by atoms with E-state index in [0.717, 1.165) is 22.6 Å². The van der Waals surface area contributed by atoms with Crippen molar-refractivity contribution in [2.45, 2.75) is 27.7 Å². The molecule has 1 aromatic heterocycles. The molecule has 3 heteroatoms. The molecule has 2 rings (SSSR count). The molecular formula is C15H17NO2. The van der Waals surface area contributed by atoms with Gasteiger partial charge in [-0.05, 0) is 51.0 Å². The molecule has 0 atom stereocenters. The number of carboxylic acid groups (broad SMARTS) is 1. The zero-order valence-corrected chi connectivity index (χ0v) is 11.1. The van der Waals surface area contributed by atoms with Crippen molar-refractivity contribution in [2.24, 2.45) is 0 Å². The van der Waals surface area contributed by atoms with Crippen LogP contribution < -0.4 is 0 Å². The highest BCUT2D eigenvalue weighted by Crippen LogP contribution is 2.24. The third kappa shape index (κ3) is 1.92. The van der Waals surface area contributed by atoms with Crippen molar-refractivity contribution in [1.29, 1.82) is 0 Å². The van der Waals surface area contributed by atoms with Gasteiger partial charge in [0, 0.05) is 17.1 Å². The number of rotatable bonds is 2. The van der Waals surface area contributed by atoms with Gasteiger partial charge in [0.25, 0.3) is 0 Å². The molecule has 1 N–H and O–H groups in total. The monoisotopic (exact) mass is 243 g/mol. The number of hydrogen-bond acceptors (Lipinski definition) is 1. The molecule has 94 valence electrons. The maximum absolute atomic E-state index is 11.2. The van der Waals surface area contributed by atoms with Crippen LogP contribution in [0.1, 0.15) is 32.9 Å². The lowest BCUT2D eigenvalue weighted by atomic mass is 10.1. The van der Waals surface area contributed by atoms with Gasteiger partial charge in [-0.1, -0.05) is 12.1 Å². The summed E-state index contributed by atoms with van der Waals surface area (Å²) in [6.07, 6.45) is 0. The van der Waals surface area contributed by atoms with Gasteiger partial charge in [-0.2, -0.15) is 0 Å². The summed E-state index contributed by atoms with van der Waals surface area (Å²) in [5.74, 6) is -0.875. The first-order valence-corrected chi connectivity index (χ1v) is 5.91. The molecule has 0 radical (unpaired) electrons. The largest absolute Gasteiger partial charge is 0.478 e. The van der Waals surface area contributed by atoms with Crippen LogP contribution in [-0.2, 0) is 0 Å². The van der Waals surface area contributed by atoms with Crippen LogP contribution in [0.4, 0.5) is 0 Å². The summed E-state index contributed by atoms with van der Waals surface area (Å²) in [7, 11) is 0. The van der Waals surface area contributed by atoms with Crippen LogP contribution in [0, 0.1) is 27.7 Å². The molecule has 0 unspecified atom stereocenters. The third-order valence-electron chi connectivity index (χ3n) is 3.27. The fourth-order valence-electron chi connectivity index (χ4n) is 2.31. The van der Waals surface area contributed by atoms with E-state index in [1.54, 1.807) is 6.07 Å². The second-order valence-electron chi connectivity index (χ2n) is 4.72. The van der Waals surface area contributed by atoms with Crippen molar-refractivity contribution in [2.75, 3.05) is 0 Å². The molecule has 0 bridgehead atoms.